The number of aliphatic hydroxyl groups excluding tert-OH is 2. The van der Waals surface area contributed by atoms with E-state index in [0.29, 0.717) is 43.3 Å². The van der Waals surface area contributed by atoms with Crippen LogP contribution in [0.15, 0.2) is 22.7 Å². The van der Waals surface area contributed by atoms with Crippen molar-refractivity contribution in [1.82, 2.24) is 0 Å². The molecule has 0 aliphatic heterocycles. The van der Waals surface area contributed by atoms with Gasteiger partial charge in [-0.05, 0) is 6.42 Å². The van der Waals surface area contributed by atoms with Gasteiger partial charge < -0.3 is 10.2 Å². The summed E-state index contributed by atoms with van der Waals surface area (Å²) >= 11 is 0. The molecule has 19 heavy (non-hydrogen) atoms. The van der Waals surface area contributed by atoms with E-state index in [-0.39, 0.29) is 23.1 Å². The number of ketones is 2. The lowest BCUT2D eigenvalue weighted by atomic mass is 9.84. The lowest BCUT2D eigenvalue weighted by Crippen LogP contribution is -2.18. The third kappa shape index (κ3) is 2.57. The van der Waals surface area contributed by atoms with Gasteiger partial charge in [-0.2, -0.15) is 0 Å². The largest absolute Gasteiger partial charge is 0.512 e. The number of hydrogen-bond donors (Lipinski definition) is 2. The van der Waals surface area contributed by atoms with Gasteiger partial charge in [0.25, 0.3) is 0 Å². The molecule has 0 aromatic heterocycles. The molecule has 0 atom stereocenters. The normalized spacial score (nSPS) is 20.3. The molecule has 2 N–H and O–H groups in total. The van der Waals surface area contributed by atoms with Gasteiger partial charge in [0.1, 0.15) is 11.5 Å². The van der Waals surface area contributed by atoms with Crippen molar-refractivity contribution >= 4 is 11.6 Å². The van der Waals surface area contributed by atoms with Crippen LogP contribution in [0.4, 0.5) is 0 Å². The quantitative estimate of drug-likeness (QED) is 0.800. The van der Waals surface area contributed by atoms with Crippen molar-refractivity contribution in [2.24, 2.45) is 5.92 Å². The second-order valence-electron chi connectivity index (χ2n) is 5.26. The molecule has 0 saturated heterocycles. The molecule has 0 unspecified atom stereocenters. The van der Waals surface area contributed by atoms with E-state index in [2.05, 4.69) is 0 Å². The van der Waals surface area contributed by atoms with Gasteiger partial charge in [0.2, 0.25) is 0 Å². The summed E-state index contributed by atoms with van der Waals surface area (Å²) < 4.78 is 0. The van der Waals surface area contributed by atoms with E-state index in [1.165, 1.54) is 0 Å². The molecular weight excluding hydrogens is 244 g/mol. The minimum Gasteiger partial charge on any atom is -0.512 e. The predicted octanol–water partition coefficient (Wildman–Crippen LogP) is 3.14. The molecule has 0 spiro atoms. The standard InChI is InChI=1S/C15H20O4/c1-2-3-4-9(14-10(16)5-6-11(14)17)15-12(18)7-8-13(15)19/h9,16,18H,2-8H2,1H3. The van der Waals surface area contributed by atoms with E-state index in [9.17, 15) is 19.8 Å². The van der Waals surface area contributed by atoms with Gasteiger partial charge in [-0.1, -0.05) is 19.8 Å². The van der Waals surface area contributed by atoms with Crippen LogP contribution in [0.5, 0.6) is 0 Å². The van der Waals surface area contributed by atoms with Gasteiger partial charge in [0.15, 0.2) is 11.6 Å². The van der Waals surface area contributed by atoms with Gasteiger partial charge >= 0.3 is 0 Å². The van der Waals surface area contributed by atoms with Crippen LogP contribution in [-0.4, -0.2) is 21.8 Å². The van der Waals surface area contributed by atoms with Gasteiger partial charge in [0.05, 0.1) is 0 Å². The number of Topliss-reactive ketones (excluding diaryl/α,β-unsaturated/α-hetero) is 2. The van der Waals surface area contributed by atoms with Crippen LogP contribution < -0.4 is 0 Å². The molecule has 0 heterocycles. The maximum absolute atomic E-state index is 11.9. The Bertz CT molecular complexity index is 431. The lowest BCUT2D eigenvalue weighted by molar-refractivity contribution is -0.115. The Hall–Kier alpha value is -1.58. The molecule has 0 amide bonds. The van der Waals surface area contributed by atoms with E-state index in [0.717, 1.165) is 12.8 Å². The molecule has 104 valence electrons. The highest BCUT2D eigenvalue weighted by Gasteiger charge is 2.37. The molecule has 4 heteroatoms. The Balaban J connectivity index is 2.37. The Morgan fingerprint density at radius 3 is 1.74 bits per heavy atom. The minimum absolute atomic E-state index is 0.0846. The highest BCUT2D eigenvalue weighted by molar-refractivity contribution is 6.04. The van der Waals surface area contributed by atoms with E-state index in [1.54, 1.807) is 0 Å². The number of unbranched alkanes of at least 4 members (excludes halogenated alkanes) is 1. The molecule has 2 aliphatic carbocycles. The van der Waals surface area contributed by atoms with Gasteiger partial charge in [-0.25, -0.2) is 0 Å². The first-order valence-corrected chi connectivity index (χ1v) is 6.96. The predicted molar refractivity (Wildman–Crippen MR) is 70.8 cm³/mol. The van der Waals surface area contributed by atoms with Crippen molar-refractivity contribution < 1.29 is 19.8 Å². The summed E-state index contributed by atoms with van der Waals surface area (Å²) in [4.78, 5) is 23.9. The van der Waals surface area contributed by atoms with Crippen LogP contribution in [0.25, 0.3) is 0 Å². The summed E-state index contributed by atoms with van der Waals surface area (Å²) in [5.74, 6) is -0.376. The average molecular weight is 264 g/mol. The summed E-state index contributed by atoms with van der Waals surface area (Å²) in [6.07, 6.45) is 3.78. The zero-order chi connectivity index (χ0) is 14.0. The molecule has 2 aliphatic rings. The average Bonchev–Trinajstić information content (AvgIpc) is 2.87. The number of carbonyl (C=O) groups excluding carboxylic acids is 2. The van der Waals surface area contributed by atoms with E-state index in [4.69, 9.17) is 0 Å². The topological polar surface area (TPSA) is 74.6 Å². The Labute approximate surface area is 112 Å². The first-order valence-electron chi connectivity index (χ1n) is 6.96. The first-order chi connectivity index (χ1) is 9.06. The fourth-order valence-corrected chi connectivity index (χ4v) is 2.96. The number of aliphatic hydroxyl groups is 2. The third-order valence-corrected chi connectivity index (χ3v) is 3.94. The molecule has 4 nitrogen and oxygen atoms in total. The molecule has 0 aromatic carbocycles. The van der Waals surface area contributed by atoms with Crippen LogP contribution >= 0.6 is 0 Å². The zero-order valence-corrected chi connectivity index (χ0v) is 11.2. The minimum atomic E-state index is -0.412. The van der Waals surface area contributed by atoms with Crippen LogP contribution in [-0.2, 0) is 9.59 Å². The smallest absolute Gasteiger partial charge is 0.163 e. The fourth-order valence-electron chi connectivity index (χ4n) is 2.96. The molecular formula is C15H20O4. The Kier molecular flexibility index (Phi) is 4.08. The SMILES string of the molecule is CCCCC(C1=C(O)CCC1=O)C1=C(O)CCC1=O. The van der Waals surface area contributed by atoms with Crippen LogP contribution in [0.3, 0.4) is 0 Å². The van der Waals surface area contributed by atoms with Gasteiger partial charge in [0, 0.05) is 42.7 Å². The van der Waals surface area contributed by atoms with Crippen molar-refractivity contribution in [1.29, 1.82) is 0 Å². The van der Waals surface area contributed by atoms with Crippen LogP contribution in [0.1, 0.15) is 51.9 Å². The second-order valence-corrected chi connectivity index (χ2v) is 5.26. The summed E-state index contributed by atoms with van der Waals surface area (Å²) in [6, 6.07) is 0. The summed E-state index contributed by atoms with van der Waals surface area (Å²) in [5.41, 5.74) is 0.732. The second kappa shape index (κ2) is 5.59. The molecule has 0 fully saturated rings. The highest BCUT2D eigenvalue weighted by atomic mass is 16.3. The summed E-state index contributed by atoms with van der Waals surface area (Å²) in [7, 11) is 0. The van der Waals surface area contributed by atoms with Gasteiger partial charge in [-0.15, -0.1) is 0 Å². The van der Waals surface area contributed by atoms with Crippen LogP contribution in [0.2, 0.25) is 0 Å². The molecule has 0 bridgehead atoms. The molecule has 0 radical (unpaired) electrons. The van der Waals surface area contributed by atoms with E-state index in [1.807, 2.05) is 6.92 Å². The van der Waals surface area contributed by atoms with E-state index < -0.39 is 5.92 Å². The van der Waals surface area contributed by atoms with Crippen molar-refractivity contribution in [2.75, 3.05) is 0 Å². The van der Waals surface area contributed by atoms with Crippen molar-refractivity contribution in [3.63, 3.8) is 0 Å². The number of carbonyl (C=O) groups is 2. The molecule has 0 aromatic rings. The molecule has 0 saturated carbocycles. The summed E-state index contributed by atoms with van der Waals surface area (Å²) in [5, 5.41) is 19.8. The molecule has 2 rings (SSSR count). The van der Waals surface area contributed by atoms with Crippen molar-refractivity contribution in [2.45, 2.75) is 51.9 Å². The third-order valence-electron chi connectivity index (χ3n) is 3.94. The number of hydrogen-bond acceptors (Lipinski definition) is 4. The summed E-state index contributed by atoms with van der Waals surface area (Å²) in [6.45, 7) is 2.03. The zero-order valence-electron chi connectivity index (χ0n) is 11.2. The van der Waals surface area contributed by atoms with Crippen LogP contribution in [0, 0.1) is 5.92 Å². The Morgan fingerprint density at radius 2 is 1.42 bits per heavy atom. The van der Waals surface area contributed by atoms with E-state index >= 15 is 0 Å². The Morgan fingerprint density at radius 1 is 0.947 bits per heavy atom. The lowest BCUT2D eigenvalue weighted by Gasteiger charge is -2.19. The van der Waals surface area contributed by atoms with Crippen molar-refractivity contribution in [3.05, 3.63) is 22.7 Å². The maximum Gasteiger partial charge on any atom is 0.163 e. The fraction of sp³-hybridized carbons (Fsp3) is 0.600. The van der Waals surface area contributed by atoms with Gasteiger partial charge in [-0.3, -0.25) is 9.59 Å². The highest BCUT2D eigenvalue weighted by Crippen LogP contribution is 2.39. The first kappa shape index (κ1) is 13.8. The maximum atomic E-state index is 11.9. The number of rotatable bonds is 5. The monoisotopic (exact) mass is 264 g/mol. The van der Waals surface area contributed by atoms with Crippen molar-refractivity contribution in [3.8, 4) is 0 Å². The number of allylic oxidation sites excluding steroid dienone is 4.